The molecule has 0 N–H and O–H groups in total. The molecule has 3 nitrogen and oxygen atoms in total. The molecule has 0 fully saturated rings. The third-order valence-corrected chi connectivity index (χ3v) is 2.74. The standard InChI is InChI=1S/C13H13ClO3/c1-16-6-2-3-11(15)13-8-9-7-10(14)4-5-12(9)17-13/h4-5,7-8H,2-3,6H2,1H3. The number of methoxy groups -OCH3 is 1. The Morgan fingerprint density at radius 1 is 1.41 bits per heavy atom. The Bertz CT molecular complexity index is 530. The van der Waals surface area contributed by atoms with Crippen molar-refractivity contribution in [3.05, 3.63) is 35.0 Å². The van der Waals surface area contributed by atoms with Crippen LogP contribution in [0.3, 0.4) is 0 Å². The van der Waals surface area contributed by atoms with Gasteiger partial charge in [-0.3, -0.25) is 4.79 Å². The highest BCUT2D eigenvalue weighted by Gasteiger charge is 2.11. The zero-order valence-corrected chi connectivity index (χ0v) is 10.3. The molecule has 0 aliphatic carbocycles. The van der Waals surface area contributed by atoms with Crippen LogP contribution in [0.1, 0.15) is 23.4 Å². The maximum absolute atomic E-state index is 11.8. The second-order valence-corrected chi connectivity index (χ2v) is 4.25. The quantitative estimate of drug-likeness (QED) is 0.602. The molecule has 90 valence electrons. The van der Waals surface area contributed by atoms with Gasteiger partial charge in [-0.1, -0.05) is 11.6 Å². The number of halogens is 1. The fourth-order valence-electron chi connectivity index (χ4n) is 1.65. The van der Waals surface area contributed by atoms with E-state index < -0.39 is 0 Å². The molecule has 0 saturated heterocycles. The molecule has 0 bridgehead atoms. The van der Waals surface area contributed by atoms with Crippen LogP contribution in [-0.2, 0) is 4.74 Å². The van der Waals surface area contributed by atoms with Crippen molar-refractivity contribution >= 4 is 28.4 Å². The molecule has 0 saturated carbocycles. The molecule has 0 aliphatic heterocycles. The molecule has 17 heavy (non-hydrogen) atoms. The molecule has 0 aliphatic rings. The third kappa shape index (κ3) is 2.87. The Hall–Kier alpha value is -1.32. The summed E-state index contributed by atoms with van der Waals surface area (Å²) in [5, 5.41) is 1.49. The fourth-order valence-corrected chi connectivity index (χ4v) is 1.83. The van der Waals surface area contributed by atoms with Gasteiger partial charge in [0.25, 0.3) is 0 Å². The molecule has 1 aromatic heterocycles. The minimum atomic E-state index is -0.00521. The Labute approximate surface area is 104 Å². The lowest BCUT2D eigenvalue weighted by Crippen LogP contribution is -1.99. The average molecular weight is 253 g/mol. The van der Waals surface area contributed by atoms with Crippen LogP contribution in [-0.4, -0.2) is 19.5 Å². The summed E-state index contributed by atoms with van der Waals surface area (Å²) >= 11 is 5.87. The molecule has 2 rings (SSSR count). The van der Waals surface area contributed by atoms with Crippen molar-refractivity contribution in [2.45, 2.75) is 12.8 Å². The number of benzene rings is 1. The van der Waals surface area contributed by atoms with Gasteiger partial charge in [0.1, 0.15) is 5.58 Å². The lowest BCUT2D eigenvalue weighted by atomic mass is 10.2. The maximum Gasteiger partial charge on any atom is 0.198 e. The van der Waals surface area contributed by atoms with Crippen LogP contribution < -0.4 is 0 Å². The summed E-state index contributed by atoms with van der Waals surface area (Å²) in [4.78, 5) is 11.8. The van der Waals surface area contributed by atoms with E-state index in [1.54, 1.807) is 31.4 Å². The van der Waals surface area contributed by atoms with E-state index in [4.69, 9.17) is 20.8 Å². The summed E-state index contributed by atoms with van der Waals surface area (Å²) in [5.41, 5.74) is 0.685. The van der Waals surface area contributed by atoms with Gasteiger partial charge < -0.3 is 9.15 Å². The van der Waals surface area contributed by atoms with Crippen LogP contribution in [0.5, 0.6) is 0 Å². The van der Waals surface area contributed by atoms with E-state index in [9.17, 15) is 4.79 Å². The van der Waals surface area contributed by atoms with Crippen molar-refractivity contribution in [2.24, 2.45) is 0 Å². The number of fused-ring (bicyclic) bond motifs is 1. The Morgan fingerprint density at radius 2 is 2.24 bits per heavy atom. The van der Waals surface area contributed by atoms with Gasteiger partial charge in [-0.05, 0) is 30.7 Å². The summed E-state index contributed by atoms with van der Waals surface area (Å²) < 4.78 is 10.4. The van der Waals surface area contributed by atoms with E-state index in [2.05, 4.69) is 0 Å². The van der Waals surface area contributed by atoms with E-state index in [0.717, 1.165) is 5.39 Å². The van der Waals surface area contributed by atoms with E-state index in [1.807, 2.05) is 0 Å². The summed E-state index contributed by atoms with van der Waals surface area (Å²) in [6.45, 7) is 0.581. The van der Waals surface area contributed by atoms with Crippen LogP contribution >= 0.6 is 11.6 Å². The predicted molar refractivity (Wildman–Crippen MR) is 66.7 cm³/mol. The van der Waals surface area contributed by atoms with Gasteiger partial charge in [-0.25, -0.2) is 0 Å². The topological polar surface area (TPSA) is 39.4 Å². The van der Waals surface area contributed by atoms with Crippen LogP contribution in [0.4, 0.5) is 0 Å². The van der Waals surface area contributed by atoms with Crippen LogP contribution in [0.2, 0.25) is 5.02 Å². The smallest absolute Gasteiger partial charge is 0.198 e. The average Bonchev–Trinajstić information content (AvgIpc) is 2.72. The van der Waals surface area contributed by atoms with E-state index in [-0.39, 0.29) is 5.78 Å². The number of rotatable bonds is 5. The number of carbonyl (C=O) groups excluding carboxylic acids is 1. The number of Topliss-reactive ketones (excluding diaryl/α,β-unsaturated/α-hetero) is 1. The monoisotopic (exact) mass is 252 g/mol. The van der Waals surface area contributed by atoms with E-state index >= 15 is 0 Å². The number of hydrogen-bond donors (Lipinski definition) is 0. The van der Waals surface area contributed by atoms with Crippen LogP contribution in [0.25, 0.3) is 11.0 Å². The fraction of sp³-hybridized carbons (Fsp3) is 0.308. The van der Waals surface area contributed by atoms with Crippen molar-refractivity contribution < 1.29 is 13.9 Å². The molecule has 0 atom stereocenters. The van der Waals surface area contributed by atoms with Gasteiger partial charge in [-0.15, -0.1) is 0 Å². The first-order valence-corrected chi connectivity index (χ1v) is 5.80. The Balaban J connectivity index is 2.15. The van der Waals surface area contributed by atoms with E-state index in [0.29, 0.717) is 35.8 Å². The zero-order chi connectivity index (χ0) is 12.3. The molecule has 0 spiro atoms. The number of carbonyl (C=O) groups is 1. The van der Waals surface area contributed by atoms with Crippen molar-refractivity contribution in [3.63, 3.8) is 0 Å². The van der Waals surface area contributed by atoms with Gasteiger partial charge in [0.2, 0.25) is 0 Å². The molecule has 4 heteroatoms. The molecule has 0 amide bonds. The minimum Gasteiger partial charge on any atom is -0.453 e. The molecule has 0 unspecified atom stereocenters. The predicted octanol–water partition coefficient (Wildman–Crippen LogP) is 3.70. The van der Waals surface area contributed by atoms with Crippen molar-refractivity contribution in [1.82, 2.24) is 0 Å². The third-order valence-electron chi connectivity index (χ3n) is 2.51. The second kappa shape index (κ2) is 5.34. The Kier molecular flexibility index (Phi) is 3.82. The van der Waals surface area contributed by atoms with Crippen molar-refractivity contribution in [1.29, 1.82) is 0 Å². The number of furan rings is 1. The van der Waals surface area contributed by atoms with Gasteiger partial charge >= 0.3 is 0 Å². The SMILES string of the molecule is COCCCC(=O)c1cc2cc(Cl)ccc2o1. The minimum absolute atomic E-state index is 0.00521. The van der Waals surface area contributed by atoms with E-state index in [1.165, 1.54) is 0 Å². The van der Waals surface area contributed by atoms with Crippen molar-refractivity contribution in [2.75, 3.05) is 13.7 Å². The summed E-state index contributed by atoms with van der Waals surface area (Å²) in [5.74, 6) is 0.382. The number of ether oxygens (including phenoxy) is 1. The molecule has 2 aromatic rings. The van der Waals surface area contributed by atoms with Gasteiger partial charge in [0.15, 0.2) is 11.5 Å². The molecule has 1 aromatic carbocycles. The molecule has 0 radical (unpaired) electrons. The first kappa shape index (κ1) is 12.1. The summed E-state index contributed by atoms with van der Waals surface area (Å²) in [6.07, 6.45) is 1.13. The molecular formula is C13H13ClO3. The highest BCUT2D eigenvalue weighted by atomic mass is 35.5. The highest BCUT2D eigenvalue weighted by molar-refractivity contribution is 6.31. The van der Waals surface area contributed by atoms with Gasteiger partial charge in [0, 0.05) is 30.5 Å². The van der Waals surface area contributed by atoms with Crippen LogP contribution in [0, 0.1) is 0 Å². The molecule has 1 heterocycles. The van der Waals surface area contributed by atoms with Gasteiger partial charge in [-0.2, -0.15) is 0 Å². The lowest BCUT2D eigenvalue weighted by Gasteiger charge is -1.96. The Morgan fingerprint density at radius 3 is 3.00 bits per heavy atom. The largest absolute Gasteiger partial charge is 0.453 e. The second-order valence-electron chi connectivity index (χ2n) is 3.81. The molecular weight excluding hydrogens is 240 g/mol. The number of ketones is 1. The summed E-state index contributed by atoms with van der Waals surface area (Å²) in [6, 6.07) is 7.03. The first-order chi connectivity index (χ1) is 8.20. The lowest BCUT2D eigenvalue weighted by molar-refractivity contribution is 0.0938. The van der Waals surface area contributed by atoms with Gasteiger partial charge in [0.05, 0.1) is 0 Å². The first-order valence-electron chi connectivity index (χ1n) is 5.42. The maximum atomic E-state index is 11.8. The van der Waals surface area contributed by atoms with Crippen LogP contribution in [0.15, 0.2) is 28.7 Å². The summed E-state index contributed by atoms with van der Waals surface area (Å²) in [7, 11) is 1.62. The van der Waals surface area contributed by atoms with Crippen molar-refractivity contribution in [3.8, 4) is 0 Å². The normalized spacial score (nSPS) is 10.9. The highest BCUT2D eigenvalue weighted by Crippen LogP contribution is 2.23. The number of hydrogen-bond acceptors (Lipinski definition) is 3. The zero-order valence-electron chi connectivity index (χ0n) is 9.53.